The Morgan fingerprint density at radius 1 is 0.846 bits per heavy atom. The maximum Gasteiger partial charge on any atom is 0.0832 e. The Kier molecular flexibility index (Phi) is 3.36. The van der Waals surface area contributed by atoms with Crippen LogP contribution in [0.2, 0.25) is 0 Å². The van der Waals surface area contributed by atoms with Gasteiger partial charge in [-0.3, -0.25) is 0 Å². The molecular formula is C11H22O2. The fourth-order valence-corrected chi connectivity index (χ4v) is 2.43. The summed E-state index contributed by atoms with van der Waals surface area (Å²) < 4.78 is 0. The monoisotopic (exact) mass is 186 g/mol. The zero-order valence-electron chi connectivity index (χ0n) is 9.07. The van der Waals surface area contributed by atoms with Gasteiger partial charge in [0.25, 0.3) is 0 Å². The van der Waals surface area contributed by atoms with E-state index in [1.807, 2.05) is 0 Å². The summed E-state index contributed by atoms with van der Waals surface area (Å²) in [5.41, 5.74) is 0. The van der Waals surface area contributed by atoms with Crippen LogP contribution in [0.1, 0.15) is 34.1 Å². The van der Waals surface area contributed by atoms with Crippen molar-refractivity contribution in [1.82, 2.24) is 0 Å². The van der Waals surface area contributed by atoms with E-state index in [1.165, 1.54) is 0 Å². The van der Waals surface area contributed by atoms with Crippen molar-refractivity contribution in [2.45, 2.75) is 46.3 Å². The van der Waals surface area contributed by atoms with Gasteiger partial charge < -0.3 is 10.2 Å². The highest BCUT2D eigenvalue weighted by Crippen LogP contribution is 2.39. The first-order valence-corrected chi connectivity index (χ1v) is 5.31. The highest BCUT2D eigenvalue weighted by Gasteiger charge is 2.43. The third kappa shape index (κ3) is 2.05. The average molecular weight is 186 g/mol. The minimum absolute atomic E-state index is 0.280. The zero-order chi connectivity index (χ0) is 10.2. The molecule has 4 atom stereocenters. The maximum atomic E-state index is 9.80. The summed E-state index contributed by atoms with van der Waals surface area (Å²) in [6, 6.07) is 0. The van der Waals surface area contributed by atoms with Crippen molar-refractivity contribution in [2.24, 2.45) is 23.7 Å². The summed E-state index contributed by atoms with van der Waals surface area (Å²) >= 11 is 0. The minimum Gasteiger partial charge on any atom is -0.390 e. The fraction of sp³-hybridized carbons (Fsp3) is 1.00. The molecular weight excluding hydrogens is 164 g/mol. The number of hydrogen-bond acceptors (Lipinski definition) is 2. The molecule has 1 aliphatic carbocycles. The molecule has 0 saturated heterocycles. The van der Waals surface area contributed by atoms with E-state index in [-0.39, 0.29) is 11.8 Å². The Bertz CT molecular complexity index is 147. The van der Waals surface area contributed by atoms with Gasteiger partial charge in [-0.1, -0.05) is 27.7 Å². The summed E-state index contributed by atoms with van der Waals surface area (Å²) in [5, 5.41) is 19.6. The lowest BCUT2D eigenvalue weighted by molar-refractivity contribution is -0.0103. The molecule has 0 spiro atoms. The Labute approximate surface area is 81.0 Å². The highest BCUT2D eigenvalue weighted by atomic mass is 16.3. The van der Waals surface area contributed by atoms with E-state index < -0.39 is 12.2 Å². The molecule has 1 fully saturated rings. The number of aliphatic hydroxyl groups excluding tert-OH is 2. The molecule has 0 radical (unpaired) electrons. The van der Waals surface area contributed by atoms with Crippen molar-refractivity contribution in [1.29, 1.82) is 0 Å². The first kappa shape index (κ1) is 11.0. The van der Waals surface area contributed by atoms with Crippen LogP contribution in [0.5, 0.6) is 0 Å². The Balaban J connectivity index is 2.66. The number of hydrogen-bond donors (Lipinski definition) is 2. The summed E-state index contributed by atoms with van der Waals surface area (Å²) in [6.45, 7) is 8.46. The summed E-state index contributed by atoms with van der Waals surface area (Å²) in [4.78, 5) is 0. The quantitative estimate of drug-likeness (QED) is 0.688. The Morgan fingerprint density at radius 3 is 1.31 bits per heavy atom. The van der Waals surface area contributed by atoms with Crippen LogP contribution < -0.4 is 0 Å². The van der Waals surface area contributed by atoms with E-state index in [2.05, 4.69) is 27.7 Å². The number of aliphatic hydroxyl groups is 2. The third-order valence-corrected chi connectivity index (χ3v) is 3.48. The SMILES string of the molecule is CC(C)C1CC(C(C)C)[C@H](O)[C@@H]1O. The molecule has 0 bridgehead atoms. The molecule has 2 nitrogen and oxygen atoms in total. The van der Waals surface area contributed by atoms with Crippen LogP contribution in [0.4, 0.5) is 0 Å². The lowest BCUT2D eigenvalue weighted by Crippen LogP contribution is -2.31. The van der Waals surface area contributed by atoms with Crippen LogP contribution in [-0.2, 0) is 0 Å². The molecule has 2 heteroatoms. The van der Waals surface area contributed by atoms with Crippen LogP contribution in [-0.4, -0.2) is 22.4 Å². The van der Waals surface area contributed by atoms with E-state index in [4.69, 9.17) is 0 Å². The molecule has 2 unspecified atom stereocenters. The zero-order valence-corrected chi connectivity index (χ0v) is 9.07. The molecule has 0 amide bonds. The maximum absolute atomic E-state index is 9.80. The fourth-order valence-electron chi connectivity index (χ4n) is 2.43. The van der Waals surface area contributed by atoms with Crippen molar-refractivity contribution >= 4 is 0 Å². The van der Waals surface area contributed by atoms with Gasteiger partial charge in [-0.25, -0.2) is 0 Å². The van der Waals surface area contributed by atoms with E-state index in [1.54, 1.807) is 0 Å². The first-order chi connectivity index (χ1) is 5.95. The van der Waals surface area contributed by atoms with Crippen molar-refractivity contribution in [2.75, 3.05) is 0 Å². The highest BCUT2D eigenvalue weighted by molar-refractivity contribution is 4.93. The normalized spacial score (nSPS) is 40.6. The predicted octanol–water partition coefficient (Wildman–Crippen LogP) is 1.66. The molecule has 0 aromatic rings. The Morgan fingerprint density at radius 2 is 1.15 bits per heavy atom. The van der Waals surface area contributed by atoms with Gasteiger partial charge in [-0.05, 0) is 30.1 Å². The molecule has 1 rings (SSSR count). The van der Waals surface area contributed by atoms with Gasteiger partial charge in [0.1, 0.15) is 0 Å². The second-order valence-corrected chi connectivity index (χ2v) is 5.03. The lowest BCUT2D eigenvalue weighted by atomic mass is 9.89. The largest absolute Gasteiger partial charge is 0.390 e. The van der Waals surface area contributed by atoms with Crippen LogP contribution in [0.25, 0.3) is 0 Å². The van der Waals surface area contributed by atoms with Crippen LogP contribution >= 0.6 is 0 Å². The van der Waals surface area contributed by atoms with Gasteiger partial charge >= 0.3 is 0 Å². The first-order valence-electron chi connectivity index (χ1n) is 5.31. The van der Waals surface area contributed by atoms with Crippen molar-refractivity contribution in [3.05, 3.63) is 0 Å². The lowest BCUT2D eigenvalue weighted by Gasteiger charge is -2.20. The van der Waals surface area contributed by atoms with Crippen molar-refractivity contribution < 1.29 is 10.2 Å². The minimum atomic E-state index is -0.507. The second kappa shape index (κ2) is 3.97. The number of rotatable bonds is 2. The van der Waals surface area contributed by atoms with Gasteiger partial charge in [0.2, 0.25) is 0 Å². The summed E-state index contributed by atoms with van der Waals surface area (Å²) in [7, 11) is 0. The molecule has 13 heavy (non-hydrogen) atoms. The summed E-state index contributed by atoms with van der Waals surface area (Å²) in [5.74, 6) is 1.49. The van der Waals surface area contributed by atoms with Gasteiger partial charge in [0, 0.05) is 0 Å². The molecule has 1 aliphatic rings. The smallest absolute Gasteiger partial charge is 0.0832 e. The van der Waals surface area contributed by atoms with Crippen LogP contribution in [0.3, 0.4) is 0 Å². The standard InChI is InChI=1S/C11H22O2/c1-6(2)8-5-9(7(3)4)11(13)10(8)12/h6-13H,5H2,1-4H3/t8?,9?,10-,11+. The van der Waals surface area contributed by atoms with E-state index in [0.717, 1.165) is 6.42 Å². The summed E-state index contributed by atoms with van der Waals surface area (Å²) in [6.07, 6.45) is -0.0442. The predicted molar refractivity (Wildman–Crippen MR) is 53.3 cm³/mol. The molecule has 0 aliphatic heterocycles. The van der Waals surface area contributed by atoms with E-state index >= 15 is 0 Å². The van der Waals surface area contributed by atoms with Gasteiger partial charge in [-0.15, -0.1) is 0 Å². The van der Waals surface area contributed by atoms with Crippen molar-refractivity contribution in [3.8, 4) is 0 Å². The molecule has 0 heterocycles. The second-order valence-electron chi connectivity index (χ2n) is 5.03. The molecule has 78 valence electrons. The topological polar surface area (TPSA) is 40.5 Å². The van der Waals surface area contributed by atoms with E-state index in [0.29, 0.717) is 11.8 Å². The van der Waals surface area contributed by atoms with Gasteiger partial charge in [0.05, 0.1) is 12.2 Å². The van der Waals surface area contributed by atoms with Crippen molar-refractivity contribution in [3.63, 3.8) is 0 Å². The molecule has 0 aromatic carbocycles. The third-order valence-electron chi connectivity index (χ3n) is 3.48. The van der Waals surface area contributed by atoms with E-state index in [9.17, 15) is 10.2 Å². The average Bonchev–Trinajstić information content (AvgIpc) is 2.29. The van der Waals surface area contributed by atoms with Gasteiger partial charge in [0.15, 0.2) is 0 Å². The Hall–Kier alpha value is -0.0800. The molecule has 0 aromatic heterocycles. The van der Waals surface area contributed by atoms with Gasteiger partial charge in [-0.2, -0.15) is 0 Å². The van der Waals surface area contributed by atoms with Crippen LogP contribution in [0, 0.1) is 23.7 Å². The molecule has 2 N–H and O–H groups in total. The van der Waals surface area contributed by atoms with Crippen LogP contribution in [0.15, 0.2) is 0 Å². The molecule has 1 saturated carbocycles.